The average molecular weight is 375 g/mol. The summed E-state index contributed by atoms with van der Waals surface area (Å²) >= 11 is 1.69. The molecule has 0 fully saturated rings. The number of rotatable bonds is 3. The second kappa shape index (κ2) is 5.72. The molecule has 0 unspecified atom stereocenters. The van der Waals surface area contributed by atoms with Gasteiger partial charge in [0.25, 0.3) is 0 Å². The molecule has 0 N–H and O–H groups in total. The van der Waals surface area contributed by atoms with E-state index in [9.17, 15) is 18.0 Å². The molecule has 0 saturated heterocycles. The van der Waals surface area contributed by atoms with E-state index in [0.29, 0.717) is 0 Å². The Labute approximate surface area is 115 Å². The Morgan fingerprint density at radius 2 is 2.11 bits per heavy atom. The van der Waals surface area contributed by atoms with Crippen molar-refractivity contribution in [2.45, 2.75) is 20.2 Å². The first kappa shape index (κ1) is 15.0. The Kier molecular flexibility index (Phi) is 4.77. The number of hydrogen-bond acceptors (Lipinski definition) is 4. The van der Waals surface area contributed by atoms with Gasteiger partial charge in [-0.3, -0.25) is 0 Å². The van der Waals surface area contributed by atoms with Crippen LogP contribution in [0.2, 0.25) is 0 Å². The maximum atomic E-state index is 12.2. The number of alkyl halides is 3. The highest BCUT2D eigenvalue weighted by atomic mass is 127. The van der Waals surface area contributed by atoms with Gasteiger partial charge in [0, 0.05) is 11.6 Å². The Hall–Kier alpha value is -1.06. The number of hydrogen-bond donors (Lipinski definition) is 0. The van der Waals surface area contributed by atoms with E-state index in [1.165, 1.54) is 6.92 Å². The number of pyridine rings is 1. The van der Waals surface area contributed by atoms with Crippen LogP contribution < -0.4 is 4.74 Å². The van der Waals surface area contributed by atoms with E-state index in [1.54, 1.807) is 29.5 Å². The molecule has 1 aromatic heterocycles. The van der Waals surface area contributed by atoms with Gasteiger partial charge in [0.1, 0.15) is 9.45 Å². The summed E-state index contributed by atoms with van der Waals surface area (Å²) in [7, 11) is 0. The fourth-order valence-corrected chi connectivity index (χ4v) is 1.71. The monoisotopic (exact) mass is 375 g/mol. The first-order valence-corrected chi connectivity index (χ1v) is 5.92. The lowest BCUT2D eigenvalue weighted by Crippen LogP contribution is -2.19. The molecule has 4 nitrogen and oxygen atoms in total. The van der Waals surface area contributed by atoms with Crippen LogP contribution in [0, 0.1) is 10.6 Å². The van der Waals surface area contributed by atoms with Crippen LogP contribution in [-0.2, 0) is 4.74 Å². The quantitative estimate of drug-likeness (QED) is 0.463. The van der Waals surface area contributed by atoms with E-state index in [0.717, 1.165) is 6.07 Å². The molecule has 0 bridgehead atoms. The van der Waals surface area contributed by atoms with Crippen LogP contribution in [0.25, 0.3) is 0 Å². The smallest absolute Gasteiger partial charge is 0.461 e. The third-order valence-corrected chi connectivity index (χ3v) is 2.44. The molecule has 18 heavy (non-hydrogen) atoms. The van der Waals surface area contributed by atoms with Crippen molar-refractivity contribution >= 4 is 28.6 Å². The minimum Gasteiger partial charge on any atom is -0.461 e. The van der Waals surface area contributed by atoms with Crippen LogP contribution in [0.1, 0.15) is 23.0 Å². The summed E-state index contributed by atoms with van der Waals surface area (Å²) in [5.74, 6) is -1.23. The van der Waals surface area contributed by atoms with E-state index in [1.807, 2.05) is 0 Å². The van der Waals surface area contributed by atoms with E-state index in [2.05, 4.69) is 9.72 Å². The van der Waals surface area contributed by atoms with Gasteiger partial charge < -0.3 is 9.47 Å². The number of carbonyl (C=O) groups excluding carboxylic acids is 1. The molecule has 0 aliphatic heterocycles. The lowest BCUT2D eigenvalue weighted by Gasteiger charge is -2.13. The normalized spacial score (nSPS) is 11.2. The summed E-state index contributed by atoms with van der Waals surface area (Å²) in [5.41, 5.74) is -0.186. The number of halogens is 4. The predicted molar refractivity (Wildman–Crippen MR) is 64.3 cm³/mol. The lowest BCUT2D eigenvalue weighted by molar-refractivity contribution is -0.274. The zero-order chi connectivity index (χ0) is 13.9. The SMILES string of the molecule is CCOC(=O)c1nc(I)cc(OC(F)(F)F)c1C. The van der Waals surface area contributed by atoms with Gasteiger partial charge in [-0.15, -0.1) is 13.2 Å². The van der Waals surface area contributed by atoms with Gasteiger partial charge in [0.05, 0.1) is 6.61 Å². The van der Waals surface area contributed by atoms with Crippen LogP contribution >= 0.6 is 22.6 Å². The van der Waals surface area contributed by atoms with Gasteiger partial charge in [-0.2, -0.15) is 0 Å². The molecule has 8 heteroatoms. The molecule has 0 spiro atoms. The third-order valence-electron chi connectivity index (χ3n) is 1.89. The number of aromatic nitrogens is 1. The molecule has 1 aromatic rings. The maximum Gasteiger partial charge on any atom is 0.573 e. The summed E-state index contributed by atoms with van der Waals surface area (Å²) in [6.07, 6.45) is -4.82. The van der Waals surface area contributed by atoms with Crippen molar-refractivity contribution in [1.29, 1.82) is 0 Å². The lowest BCUT2D eigenvalue weighted by atomic mass is 10.2. The number of ether oxygens (including phenoxy) is 2. The van der Waals surface area contributed by atoms with Gasteiger partial charge in [0.2, 0.25) is 0 Å². The number of esters is 1. The van der Waals surface area contributed by atoms with Gasteiger partial charge >= 0.3 is 12.3 Å². The molecule has 1 rings (SSSR count). The molecule has 0 radical (unpaired) electrons. The predicted octanol–water partition coefficient (Wildman–Crippen LogP) is 3.07. The Bertz CT molecular complexity index is 462. The molecule has 100 valence electrons. The van der Waals surface area contributed by atoms with Crippen molar-refractivity contribution in [3.63, 3.8) is 0 Å². The second-order valence-electron chi connectivity index (χ2n) is 3.18. The van der Waals surface area contributed by atoms with E-state index < -0.39 is 18.1 Å². The first-order valence-electron chi connectivity index (χ1n) is 4.84. The summed E-state index contributed by atoms with van der Waals surface area (Å²) in [6.45, 7) is 3.02. The maximum absolute atomic E-state index is 12.2. The van der Waals surface area contributed by atoms with Crippen molar-refractivity contribution in [3.8, 4) is 5.75 Å². The Morgan fingerprint density at radius 3 is 2.61 bits per heavy atom. The molecular formula is C10H9F3INO3. The van der Waals surface area contributed by atoms with Crippen LogP contribution in [0.5, 0.6) is 5.75 Å². The molecule has 0 aromatic carbocycles. The molecule has 0 amide bonds. The van der Waals surface area contributed by atoms with Crippen molar-refractivity contribution in [1.82, 2.24) is 4.98 Å². The van der Waals surface area contributed by atoms with Gasteiger partial charge in [-0.25, -0.2) is 9.78 Å². The third kappa shape index (κ3) is 4.00. The van der Waals surface area contributed by atoms with Crippen LogP contribution in [0.3, 0.4) is 0 Å². The van der Waals surface area contributed by atoms with Crippen molar-refractivity contribution in [2.75, 3.05) is 6.61 Å². The van der Waals surface area contributed by atoms with Crippen molar-refractivity contribution < 1.29 is 27.4 Å². The molecule has 0 aliphatic rings. The summed E-state index contributed by atoms with van der Waals surface area (Å²) in [6, 6.07) is 1.10. The van der Waals surface area contributed by atoms with E-state index in [-0.39, 0.29) is 21.6 Å². The number of nitrogens with zero attached hydrogens (tertiary/aromatic N) is 1. The summed E-state index contributed by atoms with van der Waals surface area (Å²) in [4.78, 5) is 15.4. The van der Waals surface area contributed by atoms with Crippen molar-refractivity contribution in [3.05, 3.63) is 21.0 Å². The zero-order valence-corrected chi connectivity index (χ0v) is 11.6. The van der Waals surface area contributed by atoms with E-state index >= 15 is 0 Å². The van der Waals surface area contributed by atoms with Gasteiger partial charge in [0.15, 0.2) is 5.69 Å². The van der Waals surface area contributed by atoms with Crippen molar-refractivity contribution in [2.24, 2.45) is 0 Å². The standard InChI is InChI=1S/C10H9F3INO3/c1-3-17-9(16)8-5(2)6(4-7(14)15-8)18-10(11,12)13/h4H,3H2,1-2H3. The minimum atomic E-state index is -4.82. The van der Waals surface area contributed by atoms with Gasteiger partial charge in [-0.1, -0.05) is 0 Å². The highest BCUT2D eigenvalue weighted by Gasteiger charge is 2.33. The fourth-order valence-electron chi connectivity index (χ4n) is 1.18. The fraction of sp³-hybridized carbons (Fsp3) is 0.400. The number of carbonyl (C=O) groups is 1. The molecular weight excluding hydrogens is 366 g/mol. The second-order valence-corrected chi connectivity index (χ2v) is 4.29. The van der Waals surface area contributed by atoms with Gasteiger partial charge in [-0.05, 0) is 36.4 Å². The van der Waals surface area contributed by atoms with E-state index in [4.69, 9.17) is 4.74 Å². The highest BCUT2D eigenvalue weighted by Crippen LogP contribution is 2.28. The van der Waals surface area contributed by atoms with Crippen LogP contribution in [0.15, 0.2) is 6.07 Å². The highest BCUT2D eigenvalue weighted by molar-refractivity contribution is 14.1. The minimum absolute atomic E-state index is 0.00816. The molecule has 0 saturated carbocycles. The molecule has 0 aliphatic carbocycles. The first-order chi connectivity index (χ1) is 8.24. The molecule has 0 atom stereocenters. The topological polar surface area (TPSA) is 48.4 Å². The van der Waals surface area contributed by atoms with Crippen LogP contribution in [-0.4, -0.2) is 23.9 Å². The summed E-state index contributed by atoms with van der Waals surface area (Å²) in [5, 5.41) is 0. The average Bonchev–Trinajstić information content (AvgIpc) is 2.21. The summed E-state index contributed by atoms with van der Waals surface area (Å²) < 4.78 is 45.3. The van der Waals surface area contributed by atoms with Crippen LogP contribution in [0.4, 0.5) is 13.2 Å². The largest absolute Gasteiger partial charge is 0.573 e. The Balaban J connectivity index is 3.18. The Morgan fingerprint density at radius 1 is 1.50 bits per heavy atom. The molecule has 1 heterocycles. The zero-order valence-electron chi connectivity index (χ0n) is 9.47.